The number of aliphatic imine (C=N–C) groups is 1. The molecule has 0 fully saturated rings. The predicted molar refractivity (Wildman–Crippen MR) is 102 cm³/mol. The molecule has 0 unspecified atom stereocenters. The molecule has 0 radical (unpaired) electrons. The summed E-state index contributed by atoms with van der Waals surface area (Å²) in [5.41, 5.74) is 9.18. The zero-order valence-electron chi connectivity index (χ0n) is 14.4. The topological polar surface area (TPSA) is 62.9 Å². The largest absolute Gasteiger partial charge is 0.380 e. The van der Waals surface area contributed by atoms with E-state index in [9.17, 15) is 0 Å². The fourth-order valence-corrected chi connectivity index (χ4v) is 2.42. The van der Waals surface area contributed by atoms with Gasteiger partial charge in [0.05, 0.1) is 6.61 Å². The first-order valence-corrected chi connectivity index (χ1v) is 8.10. The monoisotopic (exact) mass is 326 g/mol. The number of nitrogens with one attached hydrogen (secondary N) is 1. The van der Waals surface area contributed by atoms with Crippen molar-refractivity contribution in [3.63, 3.8) is 0 Å². The fraction of sp³-hybridized carbons (Fsp3) is 0.316. The molecule has 0 aliphatic heterocycles. The van der Waals surface area contributed by atoms with Gasteiger partial charge in [0.15, 0.2) is 5.96 Å². The van der Waals surface area contributed by atoms with Crippen LogP contribution in [0, 0.1) is 0 Å². The second-order valence-corrected chi connectivity index (χ2v) is 5.59. The van der Waals surface area contributed by atoms with Crippen molar-refractivity contribution in [2.24, 2.45) is 10.7 Å². The van der Waals surface area contributed by atoms with E-state index in [-0.39, 0.29) is 0 Å². The molecule has 5 heteroatoms. The smallest absolute Gasteiger partial charge is 0.193 e. The summed E-state index contributed by atoms with van der Waals surface area (Å²) in [6, 6.07) is 18.2. The molecule has 0 atom stereocenters. The number of benzene rings is 2. The lowest BCUT2D eigenvalue weighted by atomic mass is 10.2. The number of anilines is 2. The van der Waals surface area contributed by atoms with E-state index in [0.717, 1.165) is 24.2 Å². The Morgan fingerprint density at radius 3 is 2.58 bits per heavy atom. The fourth-order valence-electron chi connectivity index (χ4n) is 2.42. The summed E-state index contributed by atoms with van der Waals surface area (Å²) >= 11 is 0. The highest BCUT2D eigenvalue weighted by atomic mass is 16.5. The van der Waals surface area contributed by atoms with Gasteiger partial charge in [-0.15, -0.1) is 0 Å². The van der Waals surface area contributed by atoms with Crippen LogP contribution in [0.15, 0.2) is 59.6 Å². The number of rotatable bonds is 8. The Kier molecular flexibility index (Phi) is 7.11. The Morgan fingerprint density at radius 1 is 1.12 bits per heavy atom. The molecule has 2 aromatic carbocycles. The second kappa shape index (κ2) is 9.57. The molecule has 24 heavy (non-hydrogen) atoms. The number of methoxy groups -OCH3 is 1. The lowest BCUT2D eigenvalue weighted by molar-refractivity contribution is 0.185. The molecule has 0 aliphatic carbocycles. The summed E-state index contributed by atoms with van der Waals surface area (Å²) in [6.07, 6.45) is 0.938. The van der Waals surface area contributed by atoms with E-state index in [2.05, 4.69) is 34.4 Å². The van der Waals surface area contributed by atoms with Crippen molar-refractivity contribution in [1.29, 1.82) is 0 Å². The first kappa shape index (κ1) is 17.8. The van der Waals surface area contributed by atoms with Gasteiger partial charge >= 0.3 is 0 Å². The van der Waals surface area contributed by atoms with Crippen molar-refractivity contribution in [1.82, 2.24) is 0 Å². The number of ether oxygens (including phenoxy) is 1. The molecule has 128 valence electrons. The molecular formula is C19H26N4O. The third kappa shape index (κ3) is 5.59. The zero-order valence-corrected chi connectivity index (χ0v) is 14.4. The summed E-state index contributed by atoms with van der Waals surface area (Å²) in [6.45, 7) is 2.15. The molecule has 0 spiro atoms. The predicted octanol–water partition coefficient (Wildman–Crippen LogP) is 3.09. The Morgan fingerprint density at radius 2 is 1.83 bits per heavy atom. The van der Waals surface area contributed by atoms with Gasteiger partial charge in [-0.05, 0) is 24.6 Å². The highest BCUT2D eigenvalue weighted by molar-refractivity contribution is 5.92. The van der Waals surface area contributed by atoms with Crippen molar-refractivity contribution in [2.75, 3.05) is 37.5 Å². The van der Waals surface area contributed by atoms with Crippen molar-refractivity contribution in [3.05, 3.63) is 60.2 Å². The Balaban J connectivity index is 1.80. The Hall–Kier alpha value is -2.53. The van der Waals surface area contributed by atoms with E-state index in [1.54, 1.807) is 7.11 Å². The summed E-state index contributed by atoms with van der Waals surface area (Å²) in [5.74, 6) is 0.431. The maximum atomic E-state index is 5.98. The third-order valence-corrected chi connectivity index (χ3v) is 3.71. The van der Waals surface area contributed by atoms with Crippen molar-refractivity contribution >= 4 is 17.3 Å². The quantitative estimate of drug-likeness (QED) is 0.444. The molecule has 0 aliphatic rings. The van der Waals surface area contributed by atoms with Gasteiger partial charge < -0.3 is 20.7 Å². The average Bonchev–Trinajstić information content (AvgIpc) is 2.61. The number of guanidine groups is 1. The summed E-state index contributed by atoms with van der Waals surface area (Å²) in [7, 11) is 3.76. The molecule has 0 amide bonds. The molecular weight excluding hydrogens is 300 g/mol. The first-order valence-electron chi connectivity index (χ1n) is 8.10. The van der Waals surface area contributed by atoms with Gasteiger partial charge in [0.25, 0.3) is 0 Å². The summed E-state index contributed by atoms with van der Waals surface area (Å²) < 4.78 is 5.19. The van der Waals surface area contributed by atoms with Crippen LogP contribution in [0.2, 0.25) is 0 Å². The maximum absolute atomic E-state index is 5.98. The van der Waals surface area contributed by atoms with E-state index in [0.29, 0.717) is 19.1 Å². The van der Waals surface area contributed by atoms with Gasteiger partial charge in [-0.1, -0.05) is 36.4 Å². The third-order valence-electron chi connectivity index (χ3n) is 3.71. The van der Waals surface area contributed by atoms with Crippen LogP contribution >= 0.6 is 0 Å². The van der Waals surface area contributed by atoms with Crippen molar-refractivity contribution < 1.29 is 4.74 Å². The second-order valence-electron chi connectivity index (χ2n) is 5.59. The first-order chi connectivity index (χ1) is 11.7. The van der Waals surface area contributed by atoms with Gasteiger partial charge in [0.1, 0.15) is 0 Å². The zero-order chi connectivity index (χ0) is 17.2. The van der Waals surface area contributed by atoms with E-state index >= 15 is 0 Å². The minimum Gasteiger partial charge on any atom is -0.380 e. The van der Waals surface area contributed by atoms with E-state index < -0.39 is 0 Å². The van der Waals surface area contributed by atoms with Crippen LogP contribution < -0.4 is 16.0 Å². The molecule has 0 saturated heterocycles. The maximum Gasteiger partial charge on any atom is 0.193 e. The van der Waals surface area contributed by atoms with Gasteiger partial charge in [-0.2, -0.15) is 0 Å². The SMILES string of the molecule is COCc1ccccc1NC(N)=NCCCN(C)c1ccccc1. The van der Waals surface area contributed by atoms with Crippen LogP contribution in [0.4, 0.5) is 11.4 Å². The van der Waals surface area contributed by atoms with E-state index in [1.807, 2.05) is 42.5 Å². The van der Waals surface area contributed by atoms with E-state index in [4.69, 9.17) is 10.5 Å². The standard InChI is InChI=1S/C19H26N4O/c1-23(17-10-4-3-5-11-17)14-8-13-21-19(20)22-18-12-7-6-9-16(18)15-24-2/h3-7,9-12H,8,13-15H2,1-2H3,(H3,20,21,22). The van der Waals surface area contributed by atoms with Gasteiger partial charge in [-0.25, -0.2) is 0 Å². The average molecular weight is 326 g/mol. The lowest BCUT2D eigenvalue weighted by Crippen LogP contribution is -2.24. The number of hydrogen-bond donors (Lipinski definition) is 2. The number of hydrogen-bond acceptors (Lipinski definition) is 3. The normalized spacial score (nSPS) is 11.3. The van der Waals surface area contributed by atoms with Crippen molar-refractivity contribution in [2.45, 2.75) is 13.0 Å². The number of nitrogens with two attached hydrogens (primary N) is 1. The summed E-state index contributed by atoms with van der Waals surface area (Å²) in [5, 5.41) is 3.15. The van der Waals surface area contributed by atoms with Crippen LogP contribution in [0.3, 0.4) is 0 Å². The molecule has 2 rings (SSSR count). The molecule has 0 aromatic heterocycles. The minimum atomic E-state index is 0.431. The van der Waals surface area contributed by atoms with E-state index in [1.165, 1.54) is 5.69 Å². The molecule has 3 N–H and O–H groups in total. The van der Waals surface area contributed by atoms with Gasteiger partial charge in [0, 0.05) is 44.2 Å². The Labute approximate surface area is 144 Å². The molecule has 2 aromatic rings. The highest BCUT2D eigenvalue weighted by Crippen LogP contribution is 2.15. The molecule has 0 heterocycles. The van der Waals surface area contributed by atoms with Gasteiger partial charge in [0.2, 0.25) is 0 Å². The van der Waals surface area contributed by atoms with Crippen molar-refractivity contribution in [3.8, 4) is 0 Å². The number of nitrogens with zero attached hydrogens (tertiary/aromatic N) is 2. The van der Waals surface area contributed by atoms with Crippen LogP contribution in [0.25, 0.3) is 0 Å². The van der Waals surface area contributed by atoms with Crippen LogP contribution in [0.5, 0.6) is 0 Å². The van der Waals surface area contributed by atoms with Gasteiger partial charge in [-0.3, -0.25) is 4.99 Å². The number of para-hydroxylation sites is 2. The Bertz CT molecular complexity index is 643. The van der Waals surface area contributed by atoms with Crippen LogP contribution in [0.1, 0.15) is 12.0 Å². The van der Waals surface area contributed by atoms with Crippen LogP contribution in [-0.4, -0.2) is 33.2 Å². The molecule has 0 bridgehead atoms. The molecule has 5 nitrogen and oxygen atoms in total. The summed E-state index contributed by atoms with van der Waals surface area (Å²) in [4.78, 5) is 6.62. The molecule has 0 saturated carbocycles. The lowest BCUT2D eigenvalue weighted by Gasteiger charge is -2.18. The van der Waals surface area contributed by atoms with Crippen LogP contribution in [-0.2, 0) is 11.3 Å². The minimum absolute atomic E-state index is 0.431. The highest BCUT2D eigenvalue weighted by Gasteiger charge is 2.03.